The highest BCUT2D eigenvalue weighted by Gasteiger charge is 2.35. The molecule has 0 aliphatic heterocycles. The van der Waals surface area contributed by atoms with Crippen molar-refractivity contribution in [3.8, 4) is 0 Å². The lowest BCUT2D eigenvalue weighted by Gasteiger charge is -2.16. The van der Waals surface area contributed by atoms with E-state index in [-0.39, 0.29) is 36.4 Å². The van der Waals surface area contributed by atoms with Crippen LogP contribution in [-0.2, 0) is 19.9 Å². The third-order valence-electron chi connectivity index (χ3n) is 5.18. The molecule has 1 aliphatic carbocycles. The summed E-state index contributed by atoms with van der Waals surface area (Å²) in [6.07, 6.45) is 2.73. The molecular formula is C20H18N4O7S3. The van der Waals surface area contributed by atoms with E-state index in [0.717, 1.165) is 54.6 Å². The fourth-order valence-electron chi connectivity index (χ4n) is 3.05. The summed E-state index contributed by atoms with van der Waals surface area (Å²) in [5.74, 6) is -0.590. The SMILES string of the molecule is CN(C1CC1)S(=O)(=O)c1ccc(C(=O)Nc2ncc(S(=O)(=O)c3ccc([N+](=O)[O-])cc3)s2)cc1. The Kier molecular flexibility index (Phi) is 6.24. The molecule has 1 N–H and O–H groups in total. The van der Waals surface area contributed by atoms with Crippen LogP contribution in [-0.4, -0.2) is 50.0 Å². The van der Waals surface area contributed by atoms with Crippen molar-refractivity contribution in [2.75, 3.05) is 12.4 Å². The van der Waals surface area contributed by atoms with Crippen molar-refractivity contribution in [1.29, 1.82) is 0 Å². The molecule has 0 spiro atoms. The second-order valence-corrected chi connectivity index (χ2v) is 12.7. The number of rotatable bonds is 8. The quantitative estimate of drug-likeness (QED) is 0.349. The summed E-state index contributed by atoms with van der Waals surface area (Å²) < 4.78 is 51.8. The van der Waals surface area contributed by atoms with Crippen LogP contribution < -0.4 is 5.32 Å². The van der Waals surface area contributed by atoms with Crippen LogP contribution in [0.4, 0.5) is 10.8 Å². The highest BCUT2D eigenvalue weighted by Crippen LogP contribution is 2.31. The maximum atomic E-state index is 12.7. The van der Waals surface area contributed by atoms with Crippen LogP contribution >= 0.6 is 11.3 Å². The molecular weight excluding hydrogens is 504 g/mol. The number of aromatic nitrogens is 1. The molecule has 14 heteroatoms. The number of non-ortho nitro benzene ring substituents is 1. The smallest absolute Gasteiger partial charge is 0.269 e. The average molecular weight is 523 g/mol. The highest BCUT2D eigenvalue weighted by molar-refractivity contribution is 7.93. The van der Waals surface area contributed by atoms with Gasteiger partial charge in [0.2, 0.25) is 19.9 Å². The first-order valence-corrected chi connectivity index (χ1v) is 13.6. The number of sulfonamides is 1. The maximum Gasteiger partial charge on any atom is 0.269 e. The number of nitro groups is 1. The zero-order valence-electron chi connectivity index (χ0n) is 17.6. The van der Waals surface area contributed by atoms with E-state index in [0.29, 0.717) is 0 Å². The fourth-order valence-corrected chi connectivity index (χ4v) is 6.90. The van der Waals surface area contributed by atoms with Gasteiger partial charge in [-0.3, -0.25) is 20.2 Å². The van der Waals surface area contributed by atoms with Crippen LogP contribution in [0.2, 0.25) is 0 Å². The number of nitro benzene ring substituents is 1. The van der Waals surface area contributed by atoms with Gasteiger partial charge in [0.15, 0.2) is 5.13 Å². The van der Waals surface area contributed by atoms with Crippen molar-refractivity contribution in [2.45, 2.75) is 32.9 Å². The van der Waals surface area contributed by atoms with Crippen LogP contribution in [0.1, 0.15) is 23.2 Å². The summed E-state index contributed by atoms with van der Waals surface area (Å²) in [5.41, 5.74) is -0.0720. The Morgan fingerprint density at radius 1 is 1.06 bits per heavy atom. The molecule has 2 aromatic carbocycles. The molecule has 34 heavy (non-hydrogen) atoms. The molecule has 0 atom stereocenters. The molecule has 0 unspecified atom stereocenters. The minimum Gasteiger partial charge on any atom is -0.298 e. The van der Waals surface area contributed by atoms with Gasteiger partial charge in [0.1, 0.15) is 4.21 Å². The second kappa shape index (κ2) is 8.87. The normalized spacial score (nSPS) is 14.2. The van der Waals surface area contributed by atoms with Gasteiger partial charge >= 0.3 is 0 Å². The Hall–Kier alpha value is -3.20. The summed E-state index contributed by atoms with van der Waals surface area (Å²) in [5, 5.41) is 13.3. The minimum atomic E-state index is -3.98. The maximum absolute atomic E-state index is 12.7. The number of hydrogen-bond acceptors (Lipinski definition) is 9. The fraction of sp³-hybridized carbons (Fsp3) is 0.200. The van der Waals surface area contributed by atoms with Gasteiger partial charge in [0.05, 0.1) is 20.9 Å². The predicted octanol–water partition coefficient (Wildman–Crippen LogP) is 2.92. The summed E-state index contributed by atoms with van der Waals surface area (Å²) in [4.78, 5) is 26.5. The topological polar surface area (TPSA) is 157 Å². The molecule has 1 aliphatic rings. The zero-order chi connectivity index (χ0) is 24.7. The molecule has 11 nitrogen and oxygen atoms in total. The van der Waals surface area contributed by atoms with Gasteiger partial charge in [-0.15, -0.1) is 0 Å². The van der Waals surface area contributed by atoms with E-state index in [1.54, 1.807) is 0 Å². The lowest BCUT2D eigenvalue weighted by atomic mass is 10.2. The van der Waals surface area contributed by atoms with Gasteiger partial charge in [0.25, 0.3) is 11.6 Å². The van der Waals surface area contributed by atoms with Crippen LogP contribution in [0.15, 0.2) is 68.7 Å². The molecule has 1 amide bonds. The Morgan fingerprint density at radius 3 is 2.21 bits per heavy atom. The van der Waals surface area contributed by atoms with Gasteiger partial charge in [-0.1, -0.05) is 11.3 Å². The largest absolute Gasteiger partial charge is 0.298 e. The van der Waals surface area contributed by atoms with Crippen molar-refractivity contribution in [3.63, 3.8) is 0 Å². The lowest BCUT2D eigenvalue weighted by Crippen LogP contribution is -2.29. The molecule has 3 aromatic rings. The van der Waals surface area contributed by atoms with E-state index in [1.807, 2.05) is 0 Å². The minimum absolute atomic E-state index is 0.00866. The second-order valence-electron chi connectivity index (χ2n) is 7.47. The Bertz CT molecular complexity index is 1460. The van der Waals surface area contributed by atoms with Crippen molar-refractivity contribution < 1.29 is 26.6 Å². The van der Waals surface area contributed by atoms with E-state index in [1.165, 1.54) is 35.6 Å². The molecule has 0 radical (unpaired) electrons. The summed E-state index contributed by atoms with van der Waals surface area (Å²) >= 11 is 0.722. The number of thiazole rings is 1. The Morgan fingerprint density at radius 2 is 1.65 bits per heavy atom. The van der Waals surface area contributed by atoms with E-state index >= 15 is 0 Å². The number of amides is 1. The number of carbonyl (C=O) groups excluding carboxylic acids is 1. The van der Waals surface area contributed by atoms with Crippen LogP contribution in [0, 0.1) is 10.1 Å². The van der Waals surface area contributed by atoms with E-state index in [4.69, 9.17) is 0 Å². The first-order chi connectivity index (χ1) is 16.0. The van der Waals surface area contributed by atoms with Crippen molar-refractivity contribution >= 4 is 47.9 Å². The molecule has 1 saturated carbocycles. The molecule has 0 bridgehead atoms. The number of hydrogen-bond donors (Lipinski definition) is 1. The van der Waals surface area contributed by atoms with Crippen molar-refractivity contribution in [2.24, 2.45) is 0 Å². The highest BCUT2D eigenvalue weighted by atomic mass is 32.2. The van der Waals surface area contributed by atoms with Gasteiger partial charge < -0.3 is 0 Å². The van der Waals surface area contributed by atoms with Crippen molar-refractivity contribution in [1.82, 2.24) is 9.29 Å². The third-order valence-corrected chi connectivity index (χ3v) is 10.3. The number of carbonyl (C=O) groups is 1. The number of nitrogens with zero attached hydrogens (tertiary/aromatic N) is 3. The summed E-state index contributed by atoms with van der Waals surface area (Å²) in [6.45, 7) is 0. The summed E-state index contributed by atoms with van der Waals surface area (Å²) in [6, 6.07) is 9.85. The molecule has 0 saturated heterocycles. The van der Waals surface area contributed by atoms with Crippen LogP contribution in [0.25, 0.3) is 0 Å². The van der Waals surface area contributed by atoms with Gasteiger partial charge in [-0.25, -0.2) is 21.8 Å². The number of anilines is 1. The Balaban J connectivity index is 1.47. The lowest BCUT2D eigenvalue weighted by molar-refractivity contribution is -0.384. The molecule has 1 aromatic heterocycles. The van der Waals surface area contributed by atoms with Crippen LogP contribution in [0.5, 0.6) is 0 Å². The number of sulfone groups is 1. The van der Waals surface area contributed by atoms with Gasteiger partial charge in [0, 0.05) is 30.8 Å². The van der Waals surface area contributed by atoms with Crippen LogP contribution in [0.3, 0.4) is 0 Å². The zero-order valence-corrected chi connectivity index (χ0v) is 20.1. The molecule has 4 rings (SSSR count). The van der Waals surface area contributed by atoms with Crippen molar-refractivity contribution in [3.05, 3.63) is 70.4 Å². The number of nitrogens with one attached hydrogen (secondary N) is 1. The monoisotopic (exact) mass is 522 g/mol. The first-order valence-electron chi connectivity index (χ1n) is 9.85. The van der Waals surface area contributed by atoms with Gasteiger partial charge in [-0.2, -0.15) is 4.31 Å². The predicted molar refractivity (Wildman–Crippen MR) is 123 cm³/mol. The number of benzene rings is 2. The Labute approximate surface area is 199 Å². The van der Waals surface area contributed by atoms with E-state index in [2.05, 4.69) is 10.3 Å². The first kappa shape index (κ1) is 23.9. The standard InChI is InChI=1S/C20H18N4O7S3/c1-23(14-4-5-14)34(30,31)17-8-2-13(3-9-17)19(25)22-20-21-12-18(32-20)33(28,29)16-10-6-15(7-11-16)24(26)27/h2-3,6-12,14H,4-5H2,1H3,(H,21,22,25). The molecule has 178 valence electrons. The summed E-state index contributed by atoms with van der Waals surface area (Å²) in [7, 11) is -6.09. The molecule has 1 heterocycles. The molecule has 1 fully saturated rings. The average Bonchev–Trinajstić information content (AvgIpc) is 3.56. The third kappa shape index (κ3) is 4.70. The van der Waals surface area contributed by atoms with Gasteiger partial charge in [-0.05, 0) is 49.2 Å². The van der Waals surface area contributed by atoms with E-state index in [9.17, 15) is 31.7 Å². The van der Waals surface area contributed by atoms with E-state index < -0.39 is 30.7 Å².